The molecule has 0 amide bonds. The molecule has 0 aliphatic carbocycles. The van der Waals surface area contributed by atoms with Gasteiger partial charge in [-0.05, 0) is 56.2 Å². The predicted octanol–water partition coefficient (Wildman–Crippen LogP) is 4.26. The summed E-state index contributed by atoms with van der Waals surface area (Å²) in [6.07, 6.45) is 1.81. The first kappa shape index (κ1) is 18.4. The molecule has 0 spiro atoms. The molecule has 142 valence electrons. The van der Waals surface area contributed by atoms with Gasteiger partial charge in [-0.2, -0.15) is 4.31 Å². The summed E-state index contributed by atoms with van der Waals surface area (Å²) in [5.74, 6) is 0.830. The lowest BCUT2D eigenvalue weighted by atomic mass is 10.0. The zero-order valence-electron chi connectivity index (χ0n) is 15.2. The molecule has 2 heterocycles. The third-order valence-corrected chi connectivity index (χ3v) is 7.89. The number of hydrogen-bond donors (Lipinski definition) is 0. The maximum Gasteiger partial charge on any atom is 0.243 e. The van der Waals surface area contributed by atoms with Crippen LogP contribution >= 0.6 is 11.3 Å². The van der Waals surface area contributed by atoms with E-state index in [9.17, 15) is 8.42 Å². The zero-order valence-corrected chi connectivity index (χ0v) is 16.8. The fourth-order valence-electron chi connectivity index (χ4n) is 3.45. The molecule has 1 fully saturated rings. The van der Waals surface area contributed by atoms with Crippen molar-refractivity contribution in [3.05, 3.63) is 53.5 Å². The third kappa shape index (κ3) is 3.72. The van der Waals surface area contributed by atoms with Gasteiger partial charge in [-0.25, -0.2) is 13.4 Å². The van der Waals surface area contributed by atoms with Crippen LogP contribution in [0.3, 0.4) is 0 Å². The molecule has 1 aliphatic heterocycles. The summed E-state index contributed by atoms with van der Waals surface area (Å²) in [5, 5.41) is 1.03. The Balaban J connectivity index is 1.56. The average molecular weight is 403 g/mol. The molecule has 0 saturated carbocycles. The quantitative estimate of drug-likeness (QED) is 0.640. The molecule has 0 unspecified atom stereocenters. The maximum absolute atomic E-state index is 13.1. The van der Waals surface area contributed by atoms with Crippen LogP contribution in [0.2, 0.25) is 0 Å². The number of sulfonamides is 1. The monoisotopic (exact) mass is 402 g/mol. The summed E-state index contributed by atoms with van der Waals surface area (Å²) in [6, 6.07) is 14.7. The molecule has 1 aromatic heterocycles. The number of ether oxygens (including phenoxy) is 1. The molecule has 1 saturated heterocycles. The van der Waals surface area contributed by atoms with E-state index in [1.54, 1.807) is 39.9 Å². The molecule has 2 aromatic carbocycles. The van der Waals surface area contributed by atoms with Crippen LogP contribution in [0.25, 0.3) is 10.2 Å². The van der Waals surface area contributed by atoms with Gasteiger partial charge in [0.1, 0.15) is 5.75 Å². The first-order valence-corrected chi connectivity index (χ1v) is 11.4. The number of rotatable bonds is 5. The molecule has 0 N–H and O–H groups in total. The summed E-state index contributed by atoms with van der Waals surface area (Å²) in [4.78, 5) is 5.05. The van der Waals surface area contributed by atoms with Crippen LogP contribution in [0, 0.1) is 0 Å². The van der Waals surface area contributed by atoms with Crippen LogP contribution in [0.15, 0.2) is 53.4 Å². The molecule has 27 heavy (non-hydrogen) atoms. The second kappa shape index (κ2) is 7.58. The Morgan fingerprint density at radius 2 is 1.96 bits per heavy atom. The summed E-state index contributed by atoms with van der Waals surface area (Å²) in [5.41, 5.74) is 0.990. The Bertz CT molecular complexity index is 996. The van der Waals surface area contributed by atoms with Gasteiger partial charge in [-0.15, -0.1) is 11.3 Å². The average Bonchev–Trinajstić information content (AvgIpc) is 3.13. The first-order chi connectivity index (χ1) is 13.1. The zero-order chi connectivity index (χ0) is 18.9. The van der Waals surface area contributed by atoms with E-state index in [4.69, 9.17) is 9.72 Å². The first-order valence-electron chi connectivity index (χ1n) is 9.16. The van der Waals surface area contributed by atoms with Crippen LogP contribution in [-0.4, -0.2) is 37.4 Å². The van der Waals surface area contributed by atoms with Gasteiger partial charge >= 0.3 is 0 Å². The van der Waals surface area contributed by atoms with Crippen LogP contribution in [-0.2, 0) is 10.0 Å². The number of piperidine rings is 1. The molecule has 7 heteroatoms. The van der Waals surface area contributed by atoms with Gasteiger partial charge in [0.15, 0.2) is 0 Å². The highest BCUT2D eigenvalue weighted by atomic mass is 32.2. The van der Waals surface area contributed by atoms with Crippen molar-refractivity contribution >= 4 is 31.6 Å². The van der Waals surface area contributed by atoms with Gasteiger partial charge in [0, 0.05) is 19.0 Å². The summed E-state index contributed by atoms with van der Waals surface area (Å²) in [7, 11) is -3.51. The molecule has 0 bridgehead atoms. The largest absolute Gasteiger partial charge is 0.494 e. The van der Waals surface area contributed by atoms with E-state index in [0.29, 0.717) is 30.3 Å². The van der Waals surface area contributed by atoms with Gasteiger partial charge in [0.05, 0.1) is 26.7 Å². The van der Waals surface area contributed by atoms with Crippen LogP contribution in [0.1, 0.15) is 30.7 Å². The van der Waals surface area contributed by atoms with Crippen molar-refractivity contribution in [1.29, 1.82) is 0 Å². The SMILES string of the molecule is CCOc1ccc(S(=O)(=O)N2CCC[C@@H](c3nc4ccccc4s3)C2)cc1. The lowest BCUT2D eigenvalue weighted by Gasteiger charge is -2.31. The van der Waals surface area contributed by atoms with Gasteiger partial charge < -0.3 is 4.74 Å². The minimum atomic E-state index is -3.51. The second-order valence-electron chi connectivity index (χ2n) is 6.63. The number of thiazole rings is 1. The Morgan fingerprint density at radius 1 is 1.19 bits per heavy atom. The maximum atomic E-state index is 13.1. The van der Waals surface area contributed by atoms with Gasteiger partial charge in [0.2, 0.25) is 10.0 Å². The van der Waals surface area contributed by atoms with E-state index in [-0.39, 0.29) is 5.92 Å². The number of fused-ring (bicyclic) bond motifs is 1. The lowest BCUT2D eigenvalue weighted by Crippen LogP contribution is -2.39. The van der Waals surface area contributed by atoms with Gasteiger partial charge in [0.25, 0.3) is 0 Å². The van der Waals surface area contributed by atoms with Crippen molar-refractivity contribution < 1.29 is 13.2 Å². The van der Waals surface area contributed by atoms with Crippen molar-refractivity contribution in [2.75, 3.05) is 19.7 Å². The van der Waals surface area contributed by atoms with Crippen molar-refractivity contribution in [2.45, 2.75) is 30.6 Å². The molecule has 3 aromatic rings. The number of nitrogens with zero attached hydrogens (tertiary/aromatic N) is 2. The van der Waals surface area contributed by atoms with Crippen LogP contribution in [0.4, 0.5) is 0 Å². The van der Waals surface area contributed by atoms with E-state index in [2.05, 4.69) is 6.07 Å². The van der Waals surface area contributed by atoms with Crippen molar-refractivity contribution in [1.82, 2.24) is 9.29 Å². The number of para-hydroxylation sites is 1. The van der Waals surface area contributed by atoms with Crippen molar-refractivity contribution in [2.24, 2.45) is 0 Å². The molecular formula is C20H22N2O3S2. The Hall–Kier alpha value is -1.96. The van der Waals surface area contributed by atoms with E-state index in [1.165, 1.54) is 0 Å². The Labute approximate surface area is 163 Å². The van der Waals surface area contributed by atoms with Crippen LogP contribution < -0.4 is 4.74 Å². The van der Waals surface area contributed by atoms with Crippen LogP contribution in [0.5, 0.6) is 5.75 Å². The number of benzene rings is 2. The normalized spacial score (nSPS) is 18.6. The lowest BCUT2D eigenvalue weighted by molar-refractivity contribution is 0.315. The summed E-state index contributed by atoms with van der Waals surface area (Å²) in [6.45, 7) is 3.49. The minimum Gasteiger partial charge on any atom is -0.494 e. The van der Waals surface area contributed by atoms with E-state index < -0.39 is 10.0 Å². The van der Waals surface area contributed by atoms with Crippen molar-refractivity contribution in [3.63, 3.8) is 0 Å². The molecule has 0 radical (unpaired) electrons. The smallest absolute Gasteiger partial charge is 0.243 e. The van der Waals surface area contributed by atoms with E-state index >= 15 is 0 Å². The molecule has 4 rings (SSSR count). The predicted molar refractivity (Wildman–Crippen MR) is 108 cm³/mol. The van der Waals surface area contributed by atoms with Gasteiger partial charge in [-0.3, -0.25) is 0 Å². The molecular weight excluding hydrogens is 380 g/mol. The number of hydrogen-bond acceptors (Lipinski definition) is 5. The summed E-state index contributed by atoms with van der Waals surface area (Å²) < 4.78 is 34.3. The standard InChI is InChI=1S/C20H22N2O3S2/c1-2-25-16-9-11-17(12-10-16)27(23,24)22-13-5-6-15(14-22)20-21-18-7-3-4-8-19(18)26-20/h3-4,7-12,15H,2,5-6,13-14H2,1H3/t15-/m1/s1. The molecule has 5 nitrogen and oxygen atoms in total. The Kier molecular flexibility index (Phi) is 5.16. The fraction of sp³-hybridized carbons (Fsp3) is 0.350. The van der Waals surface area contributed by atoms with Gasteiger partial charge in [-0.1, -0.05) is 12.1 Å². The summed E-state index contributed by atoms with van der Waals surface area (Å²) >= 11 is 1.67. The second-order valence-corrected chi connectivity index (χ2v) is 9.63. The number of aromatic nitrogens is 1. The highest BCUT2D eigenvalue weighted by Crippen LogP contribution is 2.34. The highest BCUT2D eigenvalue weighted by molar-refractivity contribution is 7.89. The molecule has 1 atom stereocenters. The van der Waals surface area contributed by atoms with E-state index in [1.807, 2.05) is 25.1 Å². The fourth-order valence-corrected chi connectivity index (χ4v) is 6.07. The highest BCUT2D eigenvalue weighted by Gasteiger charge is 2.32. The topological polar surface area (TPSA) is 59.5 Å². The minimum absolute atomic E-state index is 0.147. The van der Waals surface area contributed by atoms with Crippen molar-refractivity contribution in [3.8, 4) is 5.75 Å². The molecule has 1 aliphatic rings. The Morgan fingerprint density at radius 3 is 2.70 bits per heavy atom. The van der Waals surface area contributed by atoms with E-state index in [0.717, 1.165) is 28.1 Å². The third-order valence-electron chi connectivity index (χ3n) is 4.82.